The zero-order valence-electron chi connectivity index (χ0n) is 10.2. The second kappa shape index (κ2) is 7.30. The molecule has 1 rings (SSSR count). The average molecular weight is 271 g/mol. The Bertz CT molecular complexity index is 458. The monoisotopic (exact) mass is 271 g/mol. The van der Waals surface area contributed by atoms with Crippen LogP contribution in [0.4, 0.5) is 8.78 Å². The number of amidine groups is 1. The number of carbonyl (C=O) groups excluding carboxylic acids is 1. The Morgan fingerprint density at radius 2 is 2.00 bits per heavy atom. The van der Waals surface area contributed by atoms with Crippen LogP contribution in [0.15, 0.2) is 23.4 Å². The maximum atomic E-state index is 13.3. The summed E-state index contributed by atoms with van der Waals surface area (Å²) in [5.74, 6) is -1.91. The van der Waals surface area contributed by atoms with Crippen LogP contribution in [0.5, 0.6) is 0 Å². The Kier molecular flexibility index (Phi) is 5.72. The number of benzene rings is 1. The fourth-order valence-electron chi connectivity index (χ4n) is 1.47. The van der Waals surface area contributed by atoms with Gasteiger partial charge in [0.25, 0.3) is 0 Å². The zero-order chi connectivity index (χ0) is 14.3. The Morgan fingerprint density at radius 1 is 1.37 bits per heavy atom. The summed E-state index contributed by atoms with van der Waals surface area (Å²) < 4.78 is 26.5. The van der Waals surface area contributed by atoms with Crippen LogP contribution in [-0.2, 0) is 11.2 Å². The molecule has 104 valence electrons. The molecule has 0 saturated carbocycles. The van der Waals surface area contributed by atoms with E-state index < -0.39 is 17.5 Å². The van der Waals surface area contributed by atoms with Crippen LogP contribution < -0.4 is 11.1 Å². The van der Waals surface area contributed by atoms with Crippen molar-refractivity contribution in [3.05, 3.63) is 35.4 Å². The zero-order valence-corrected chi connectivity index (χ0v) is 10.2. The molecule has 0 radical (unpaired) electrons. The number of hydrogen-bond donors (Lipinski definition) is 3. The first-order valence-electron chi connectivity index (χ1n) is 5.70. The summed E-state index contributed by atoms with van der Waals surface area (Å²) in [4.78, 5) is 11.5. The van der Waals surface area contributed by atoms with Gasteiger partial charge in [0.15, 0.2) is 0 Å². The first-order chi connectivity index (χ1) is 9.04. The standard InChI is InChI=1S/C12H15F2N3O2/c13-9-3-1-4-10(14)8(9)7-12(18)16-6-2-5-11(15)17-19/h1,3-4,19H,2,5-7H2,(H2,15,17)(H,16,18). The Morgan fingerprint density at radius 3 is 2.58 bits per heavy atom. The van der Waals surface area contributed by atoms with Gasteiger partial charge in [0.05, 0.1) is 6.42 Å². The van der Waals surface area contributed by atoms with Gasteiger partial charge in [-0.25, -0.2) is 8.78 Å². The summed E-state index contributed by atoms with van der Waals surface area (Å²) >= 11 is 0. The summed E-state index contributed by atoms with van der Waals surface area (Å²) in [6.07, 6.45) is 0.439. The van der Waals surface area contributed by atoms with Crippen molar-refractivity contribution in [3.8, 4) is 0 Å². The van der Waals surface area contributed by atoms with E-state index in [1.165, 1.54) is 6.07 Å². The van der Waals surface area contributed by atoms with Gasteiger partial charge in [0.2, 0.25) is 5.91 Å². The summed E-state index contributed by atoms with van der Waals surface area (Å²) in [6, 6.07) is 3.44. The number of nitrogens with zero attached hydrogens (tertiary/aromatic N) is 1. The molecule has 7 heteroatoms. The number of halogens is 2. The predicted molar refractivity (Wildman–Crippen MR) is 65.7 cm³/mol. The molecule has 0 spiro atoms. The molecule has 0 saturated heterocycles. The average Bonchev–Trinajstić information content (AvgIpc) is 2.39. The van der Waals surface area contributed by atoms with Crippen LogP contribution in [0.25, 0.3) is 0 Å². The van der Waals surface area contributed by atoms with Crippen molar-refractivity contribution < 1.29 is 18.8 Å². The number of hydrogen-bond acceptors (Lipinski definition) is 3. The summed E-state index contributed by atoms with van der Waals surface area (Å²) in [6.45, 7) is 0.283. The molecule has 19 heavy (non-hydrogen) atoms. The normalized spacial score (nSPS) is 11.4. The van der Waals surface area contributed by atoms with E-state index in [-0.39, 0.29) is 24.4 Å². The molecule has 1 aromatic rings. The minimum atomic E-state index is -0.744. The van der Waals surface area contributed by atoms with Gasteiger partial charge in [0, 0.05) is 18.5 Å². The lowest BCUT2D eigenvalue weighted by molar-refractivity contribution is -0.120. The molecule has 4 N–H and O–H groups in total. The number of rotatable bonds is 6. The summed E-state index contributed by atoms with van der Waals surface area (Å²) in [7, 11) is 0. The lowest BCUT2D eigenvalue weighted by Gasteiger charge is -2.06. The Hall–Kier alpha value is -2.18. The first kappa shape index (κ1) is 14.9. The number of amides is 1. The van der Waals surface area contributed by atoms with E-state index in [1.807, 2.05) is 0 Å². The van der Waals surface area contributed by atoms with Crippen molar-refractivity contribution in [2.75, 3.05) is 6.54 Å². The van der Waals surface area contributed by atoms with Gasteiger partial charge in [-0.15, -0.1) is 0 Å². The molecule has 0 aliphatic rings. The second-order valence-electron chi connectivity index (χ2n) is 3.92. The molecule has 0 atom stereocenters. The highest BCUT2D eigenvalue weighted by atomic mass is 19.1. The molecule has 0 bridgehead atoms. The van der Waals surface area contributed by atoms with Crippen molar-refractivity contribution in [1.82, 2.24) is 5.32 Å². The Balaban J connectivity index is 2.40. The lowest BCUT2D eigenvalue weighted by atomic mass is 10.1. The maximum Gasteiger partial charge on any atom is 0.224 e. The molecule has 5 nitrogen and oxygen atoms in total. The molecule has 0 heterocycles. The molecular formula is C12H15F2N3O2. The van der Waals surface area contributed by atoms with Crippen LogP contribution in [0.2, 0.25) is 0 Å². The molecule has 0 unspecified atom stereocenters. The number of nitrogens with one attached hydrogen (secondary N) is 1. The topological polar surface area (TPSA) is 87.7 Å². The van der Waals surface area contributed by atoms with Crippen molar-refractivity contribution >= 4 is 11.7 Å². The van der Waals surface area contributed by atoms with Gasteiger partial charge >= 0.3 is 0 Å². The molecule has 1 amide bonds. The third-order valence-corrected chi connectivity index (χ3v) is 2.46. The van der Waals surface area contributed by atoms with E-state index in [1.54, 1.807) is 0 Å². The fraction of sp³-hybridized carbons (Fsp3) is 0.333. The van der Waals surface area contributed by atoms with Crippen LogP contribution in [0.3, 0.4) is 0 Å². The molecule has 0 aliphatic carbocycles. The molecule has 0 fully saturated rings. The SMILES string of the molecule is NC(CCCNC(=O)Cc1c(F)cccc1F)=NO. The maximum absolute atomic E-state index is 13.3. The van der Waals surface area contributed by atoms with E-state index in [2.05, 4.69) is 10.5 Å². The van der Waals surface area contributed by atoms with E-state index in [0.717, 1.165) is 12.1 Å². The van der Waals surface area contributed by atoms with Crippen LogP contribution >= 0.6 is 0 Å². The van der Waals surface area contributed by atoms with Crippen molar-refractivity contribution in [3.63, 3.8) is 0 Å². The van der Waals surface area contributed by atoms with E-state index in [4.69, 9.17) is 10.9 Å². The second-order valence-corrected chi connectivity index (χ2v) is 3.92. The van der Waals surface area contributed by atoms with Crippen molar-refractivity contribution in [2.45, 2.75) is 19.3 Å². The van der Waals surface area contributed by atoms with Gasteiger partial charge in [-0.3, -0.25) is 4.79 Å². The largest absolute Gasteiger partial charge is 0.409 e. The highest BCUT2D eigenvalue weighted by Gasteiger charge is 2.12. The minimum Gasteiger partial charge on any atom is -0.409 e. The first-order valence-corrected chi connectivity index (χ1v) is 5.70. The van der Waals surface area contributed by atoms with Crippen LogP contribution in [0, 0.1) is 11.6 Å². The van der Waals surface area contributed by atoms with Gasteiger partial charge < -0.3 is 16.3 Å². The minimum absolute atomic E-state index is 0.0643. The van der Waals surface area contributed by atoms with Gasteiger partial charge in [0.1, 0.15) is 17.5 Å². The fourth-order valence-corrected chi connectivity index (χ4v) is 1.47. The van der Waals surface area contributed by atoms with Crippen LogP contribution in [-0.4, -0.2) is 23.5 Å². The van der Waals surface area contributed by atoms with Gasteiger partial charge in [-0.05, 0) is 18.6 Å². The summed E-state index contributed by atoms with van der Waals surface area (Å²) in [5.41, 5.74) is 4.99. The van der Waals surface area contributed by atoms with Gasteiger partial charge in [-0.2, -0.15) is 0 Å². The van der Waals surface area contributed by atoms with E-state index in [9.17, 15) is 13.6 Å². The number of oxime groups is 1. The Labute approximate surface area is 109 Å². The highest BCUT2D eigenvalue weighted by molar-refractivity contribution is 5.80. The molecule has 0 aliphatic heterocycles. The predicted octanol–water partition coefficient (Wildman–Crippen LogP) is 1.15. The highest BCUT2D eigenvalue weighted by Crippen LogP contribution is 2.12. The van der Waals surface area contributed by atoms with Crippen molar-refractivity contribution in [1.29, 1.82) is 0 Å². The van der Waals surface area contributed by atoms with E-state index >= 15 is 0 Å². The summed E-state index contributed by atoms with van der Waals surface area (Å²) in [5, 5.41) is 13.6. The third-order valence-electron chi connectivity index (χ3n) is 2.46. The third kappa shape index (κ3) is 4.90. The van der Waals surface area contributed by atoms with Gasteiger partial charge in [-0.1, -0.05) is 11.2 Å². The van der Waals surface area contributed by atoms with Crippen molar-refractivity contribution in [2.24, 2.45) is 10.9 Å². The molecule has 1 aromatic carbocycles. The number of nitrogens with two attached hydrogens (primary N) is 1. The smallest absolute Gasteiger partial charge is 0.224 e. The molecule has 0 aromatic heterocycles. The quantitative estimate of drug-likeness (QED) is 0.238. The lowest BCUT2D eigenvalue weighted by Crippen LogP contribution is -2.27. The molecular weight excluding hydrogens is 256 g/mol. The number of carbonyl (C=O) groups is 1. The van der Waals surface area contributed by atoms with Crippen LogP contribution in [0.1, 0.15) is 18.4 Å². The van der Waals surface area contributed by atoms with E-state index in [0.29, 0.717) is 12.8 Å².